The SMILES string of the molecule is CN(C)c1cccc(S(=O)(=O)N2CC(O)(C3CC3)C2)c1. The van der Waals surface area contributed by atoms with E-state index in [0.29, 0.717) is 10.8 Å². The Morgan fingerprint density at radius 3 is 2.50 bits per heavy atom. The van der Waals surface area contributed by atoms with Gasteiger partial charge in [-0.2, -0.15) is 4.31 Å². The van der Waals surface area contributed by atoms with Gasteiger partial charge in [-0.25, -0.2) is 8.42 Å². The molecule has 0 unspecified atom stereocenters. The molecule has 20 heavy (non-hydrogen) atoms. The number of nitrogens with zero attached hydrogens (tertiary/aromatic N) is 2. The number of hydrogen-bond acceptors (Lipinski definition) is 4. The molecule has 0 spiro atoms. The first-order valence-electron chi connectivity index (χ1n) is 6.83. The monoisotopic (exact) mass is 296 g/mol. The van der Waals surface area contributed by atoms with E-state index in [1.807, 2.05) is 25.1 Å². The smallest absolute Gasteiger partial charge is 0.243 e. The van der Waals surface area contributed by atoms with Crippen LogP contribution in [0.1, 0.15) is 12.8 Å². The van der Waals surface area contributed by atoms with Crippen LogP contribution in [0.5, 0.6) is 0 Å². The number of sulfonamides is 1. The molecule has 2 aliphatic rings. The third-order valence-electron chi connectivity index (χ3n) is 4.21. The van der Waals surface area contributed by atoms with Crippen molar-refractivity contribution in [3.63, 3.8) is 0 Å². The van der Waals surface area contributed by atoms with Crippen molar-refractivity contribution in [3.8, 4) is 0 Å². The summed E-state index contributed by atoms with van der Waals surface area (Å²) in [5.41, 5.74) is 0.0655. The Morgan fingerprint density at radius 1 is 1.30 bits per heavy atom. The highest BCUT2D eigenvalue weighted by molar-refractivity contribution is 7.89. The molecule has 1 aromatic carbocycles. The Bertz CT molecular complexity index is 617. The topological polar surface area (TPSA) is 60.9 Å². The van der Waals surface area contributed by atoms with Crippen LogP contribution in [0.3, 0.4) is 0 Å². The Labute approximate surface area is 119 Å². The third kappa shape index (κ3) is 2.21. The van der Waals surface area contributed by atoms with Crippen LogP contribution in [-0.4, -0.2) is 50.6 Å². The fraction of sp³-hybridized carbons (Fsp3) is 0.571. The van der Waals surface area contributed by atoms with Crippen LogP contribution in [0.2, 0.25) is 0 Å². The van der Waals surface area contributed by atoms with Crippen molar-refractivity contribution in [1.82, 2.24) is 4.31 Å². The molecule has 0 radical (unpaired) electrons. The number of hydrogen-bond donors (Lipinski definition) is 1. The van der Waals surface area contributed by atoms with Crippen molar-refractivity contribution >= 4 is 15.7 Å². The van der Waals surface area contributed by atoms with Gasteiger partial charge < -0.3 is 10.0 Å². The van der Waals surface area contributed by atoms with Crippen molar-refractivity contribution in [2.24, 2.45) is 5.92 Å². The summed E-state index contributed by atoms with van der Waals surface area (Å²) in [6, 6.07) is 6.89. The lowest BCUT2D eigenvalue weighted by Gasteiger charge is -2.45. The van der Waals surface area contributed by atoms with E-state index in [0.717, 1.165) is 18.5 Å². The maximum absolute atomic E-state index is 12.5. The minimum Gasteiger partial charge on any atom is -0.387 e. The van der Waals surface area contributed by atoms with Gasteiger partial charge in [-0.3, -0.25) is 0 Å². The van der Waals surface area contributed by atoms with Gasteiger partial charge in [0.2, 0.25) is 10.0 Å². The summed E-state index contributed by atoms with van der Waals surface area (Å²) < 4.78 is 26.4. The first-order valence-corrected chi connectivity index (χ1v) is 8.27. The predicted molar refractivity (Wildman–Crippen MR) is 77.2 cm³/mol. The maximum Gasteiger partial charge on any atom is 0.243 e. The van der Waals surface area contributed by atoms with Gasteiger partial charge in [-0.05, 0) is 37.0 Å². The van der Waals surface area contributed by atoms with Gasteiger partial charge in [-0.15, -0.1) is 0 Å². The van der Waals surface area contributed by atoms with Gasteiger partial charge in [-0.1, -0.05) is 6.07 Å². The second kappa shape index (κ2) is 4.44. The Balaban J connectivity index is 1.81. The zero-order chi connectivity index (χ0) is 14.5. The summed E-state index contributed by atoms with van der Waals surface area (Å²) in [6.45, 7) is 0.457. The van der Waals surface area contributed by atoms with Crippen LogP contribution < -0.4 is 4.90 Å². The molecule has 1 N–H and O–H groups in total. The van der Waals surface area contributed by atoms with Gasteiger partial charge in [0.1, 0.15) is 0 Å². The van der Waals surface area contributed by atoms with Crippen molar-refractivity contribution < 1.29 is 13.5 Å². The standard InChI is InChI=1S/C14H20N2O3S/c1-15(2)12-4-3-5-13(8-12)20(18,19)16-9-14(17,10-16)11-6-7-11/h3-5,8,11,17H,6-7,9-10H2,1-2H3. The van der Waals surface area contributed by atoms with E-state index < -0.39 is 15.6 Å². The first kappa shape index (κ1) is 13.9. The number of aliphatic hydroxyl groups is 1. The summed E-state index contributed by atoms with van der Waals surface area (Å²) in [6.07, 6.45) is 2.03. The maximum atomic E-state index is 12.5. The Kier molecular flexibility index (Phi) is 3.08. The summed E-state index contributed by atoms with van der Waals surface area (Å²) in [4.78, 5) is 2.16. The lowest BCUT2D eigenvalue weighted by atomic mass is 9.91. The molecule has 1 saturated carbocycles. The Hall–Kier alpha value is -1.11. The van der Waals surface area contributed by atoms with Crippen molar-refractivity contribution in [2.45, 2.75) is 23.3 Å². The molecule has 2 fully saturated rings. The molecule has 1 aliphatic carbocycles. The summed E-state index contributed by atoms with van der Waals surface area (Å²) in [5, 5.41) is 10.3. The zero-order valence-electron chi connectivity index (χ0n) is 11.8. The highest BCUT2D eigenvalue weighted by Crippen LogP contribution is 2.45. The quantitative estimate of drug-likeness (QED) is 0.897. The van der Waals surface area contributed by atoms with Crippen molar-refractivity contribution in [2.75, 3.05) is 32.1 Å². The van der Waals surface area contributed by atoms with Crippen LogP contribution in [-0.2, 0) is 10.0 Å². The lowest BCUT2D eigenvalue weighted by Crippen LogP contribution is -2.64. The second-order valence-corrected chi connectivity index (χ2v) is 7.98. The molecular formula is C14H20N2O3S. The van der Waals surface area contributed by atoms with Gasteiger partial charge in [0, 0.05) is 32.9 Å². The minimum atomic E-state index is -3.49. The molecule has 1 heterocycles. The third-order valence-corrected chi connectivity index (χ3v) is 6.00. The second-order valence-electron chi connectivity index (χ2n) is 6.04. The summed E-state index contributed by atoms with van der Waals surface area (Å²) in [7, 11) is 0.264. The molecule has 110 valence electrons. The average Bonchev–Trinajstić information content (AvgIpc) is 3.19. The van der Waals surface area contributed by atoms with Crippen LogP contribution >= 0.6 is 0 Å². The number of β-amino-alcohol motifs (C(OH)–C–C–N with tert-alkyl or cyclic N) is 1. The molecule has 3 rings (SSSR count). The highest BCUT2D eigenvalue weighted by Gasteiger charge is 2.55. The van der Waals surface area contributed by atoms with Crippen LogP contribution in [0.4, 0.5) is 5.69 Å². The molecule has 0 bridgehead atoms. The fourth-order valence-electron chi connectivity index (χ4n) is 2.68. The van der Waals surface area contributed by atoms with E-state index in [2.05, 4.69) is 0 Å². The highest BCUT2D eigenvalue weighted by atomic mass is 32.2. The molecular weight excluding hydrogens is 276 g/mol. The van der Waals surface area contributed by atoms with Gasteiger partial charge in [0.15, 0.2) is 0 Å². The number of rotatable bonds is 4. The molecule has 0 amide bonds. The zero-order valence-corrected chi connectivity index (χ0v) is 12.6. The van der Waals surface area contributed by atoms with Crippen LogP contribution in [0, 0.1) is 5.92 Å². The van der Waals surface area contributed by atoms with E-state index in [-0.39, 0.29) is 13.1 Å². The molecule has 0 atom stereocenters. The molecule has 5 nitrogen and oxygen atoms in total. The summed E-state index contributed by atoms with van der Waals surface area (Å²) >= 11 is 0. The largest absolute Gasteiger partial charge is 0.387 e. The average molecular weight is 296 g/mol. The van der Waals surface area contributed by atoms with Crippen molar-refractivity contribution in [1.29, 1.82) is 0 Å². The van der Waals surface area contributed by atoms with E-state index in [4.69, 9.17) is 0 Å². The van der Waals surface area contributed by atoms with E-state index in [1.54, 1.807) is 18.2 Å². The normalized spacial score (nSPS) is 22.4. The number of benzene rings is 1. The fourth-order valence-corrected chi connectivity index (χ4v) is 4.29. The van der Waals surface area contributed by atoms with Crippen LogP contribution in [0.25, 0.3) is 0 Å². The van der Waals surface area contributed by atoms with E-state index in [1.165, 1.54) is 4.31 Å². The molecule has 1 aromatic rings. The molecule has 6 heteroatoms. The van der Waals surface area contributed by atoms with Gasteiger partial charge >= 0.3 is 0 Å². The lowest BCUT2D eigenvalue weighted by molar-refractivity contribution is -0.0764. The predicted octanol–water partition coefficient (Wildman–Crippen LogP) is 0.898. The van der Waals surface area contributed by atoms with Crippen LogP contribution in [0.15, 0.2) is 29.2 Å². The van der Waals surface area contributed by atoms with E-state index >= 15 is 0 Å². The molecule has 1 aliphatic heterocycles. The summed E-state index contributed by atoms with van der Waals surface area (Å²) in [5.74, 6) is 0.294. The molecule has 1 saturated heterocycles. The minimum absolute atomic E-state index is 0.228. The number of anilines is 1. The molecule has 0 aromatic heterocycles. The van der Waals surface area contributed by atoms with Gasteiger partial charge in [0.25, 0.3) is 0 Å². The van der Waals surface area contributed by atoms with Crippen molar-refractivity contribution in [3.05, 3.63) is 24.3 Å². The van der Waals surface area contributed by atoms with E-state index in [9.17, 15) is 13.5 Å². The Morgan fingerprint density at radius 2 is 1.95 bits per heavy atom. The van der Waals surface area contributed by atoms with Gasteiger partial charge in [0.05, 0.1) is 10.5 Å². The first-order chi connectivity index (χ1) is 9.33.